The van der Waals surface area contributed by atoms with Crippen LogP contribution in [0, 0.1) is 10.1 Å². The summed E-state index contributed by atoms with van der Waals surface area (Å²) in [6.45, 7) is 2.04. The van der Waals surface area contributed by atoms with E-state index in [0.717, 1.165) is 0 Å². The van der Waals surface area contributed by atoms with Crippen molar-refractivity contribution in [3.05, 3.63) is 33.3 Å². The van der Waals surface area contributed by atoms with Crippen molar-refractivity contribution < 1.29 is 19.0 Å². The monoisotopic (exact) mass is 328 g/mol. The van der Waals surface area contributed by atoms with Gasteiger partial charge >= 0.3 is 11.8 Å². The van der Waals surface area contributed by atoms with Crippen LogP contribution in [0.2, 0.25) is 5.02 Å². The average molecular weight is 329 g/mol. The highest BCUT2D eigenvalue weighted by Gasteiger charge is 2.18. The van der Waals surface area contributed by atoms with Crippen LogP contribution in [0.25, 0.3) is 0 Å². The third-order valence-corrected chi connectivity index (χ3v) is 2.91. The first-order valence-corrected chi connectivity index (χ1v) is 6.60. The number of methoxy groups -OCH3 is 1. The van der Waals surface area contributed by atoms with Gasteiger partial charge in [-0.2, -0.15) is 0 Å². The predicted molar refractivity (Wildman–Crippen MR) is 77.5 cm³/mol. The van der Waals surface area contributed by atoms with Crippen LogP contribution >= 0.6 is 11.6 Å². The zero-order valence-electron chi connectivity index (χ0n) is 11.8. The van der Waals surface area contributed by atoms with E-state index in [1.165, 1.54) is 19.2 Å². The molecule has 1 aromatic carbocycles. The smallest absolute Gasteiger partial charge is 0.320 e. The molecule has 118 valence electrons. The molecule has 0 bridgehead atoms. The lowest BCUT2D eigenvalue weighted by Crippen LogP contribution is -2.23. The van der Waals surface area contributed by atoms with E-state index in [9.17, 15) is 10.1 Å². The number of halogens is 1. The Morgan fingerprint density at radius 3 is 2.86 bits per heavy atom. The lowest BCUT2D eigenvalue weighted by molar-refractivity contribution is -0.383. The molecule has 0 radical (unpaired) electrons. The van der Waals surface area contributed by atoms with Gasteiger partial charge in [-0.3, -0.25) is 10.1 Å². The van der Waals surface area contributed by atoms with Crippen LogP contribution in [0.1, 0.15) is 6.92 Å². The van der Waals surface area contributed by atoms with Crippen molar-refractivity contribution in [2.75, 3.05) is 19.0 Å². The van der Waals surface area contributed by atoms with Crippen LogP contribution in [-0.2, 0) is 0 Å². The van der Waals surface area contributed by atoms with Crippen molar-refractivity contribution in [1.29, 1.82) is 0 Å². The zero-order chi connectivity index (χ0) is 16.1. The minimum Gasteiger partial charge on any atom is -0.475 e. The molecule has 1 aromatic heterocycles. The zero-order valence-corrected chi connectivity index (χ0v) is 12.5. The molecule has 0 aliphatic carbocycles. The van der Waals surface area contributed by atoms with Gasteiger partial charge in [0.05, 0.1) is 18.6 Å². The van der Waals surface area contributed by atoms with Gasteiger partial charge < -0.3 is 14.8 Å². The van der Waals surface area contributed by atoms with E-state index < -0.39 is 4.92 Å². The second-order valence-corrected chi connectivity index (χ2v) is 4.74. The second kappa shape index (κ2) is 6.94. The van der Waals surface area contributed by atoms with Gasteiger partial charge in [0.15, 0.2) is 0 Å². The number of ether oxygens (including phenoxy) is 2. The van der Waals surface area contributed by atoms with E-state index >= 15 is 0 Å². The highest BCUT2D eigenvalue weighted by Crippen LogP contribution is 2.28. The summed E-state index contributed by atoms with van der Waals surface area (Å²) in [5.41, 5.74) is 0.232. The molecule has 22 heavy (non-hydrogen) atoms. The van der Waals surface area contributed by atoms with E-state index in [1.54, 1.807) is 13.0 Å². The summed E-state index contributed by atoms with van der Waals surface area (Å²) in [7, 11) is 1.41. The highest BCUT2D eigenvalue weighted by atomic mass is 35.5. The molecule has 0 spiro atoms. The Morgan fingerprint density at radius 2 is 2.18 bits per heavy atom. The van der Waals surface area contributed by atoms with Crippen molar-refractivity contribution in [3.63, 3.8) is 0 Å². The number of rotatable bonds is 7. The number of aromatic nitrogens is 2. The molecule has 0 aliphatic rings. The predicted octanol–water partition coefficient (Wildman–Crippen LogP) is 2.52. The molecule has 10 heteroatoms. The first-order chi connectivity index (χ1) is 10.5. The molecule has 1 atom stereocenters. The normalized spacial score (nSPS) is 11.8. The third kappa shape index (κ3) is 3.76. The lowest BCUT2D eigenvalue weighted by atomic mass is 10.2. The first kappa shape index (κ1) is 15.8. The van der Waals surface area contributed by atoms with E-state index in [2.05, 4.69) is 20.3 Å². The van der Waals surface area contributed by atoms with Crippen molar-refractivity contribution in [3.8, 4) is 11.8 Å². The molecular formula is C12H13ClN4O5. The number of hydrogen-bond donors (Lipinski definition) is 1. The van der Waals surface area contributed by atoms with Gasteiger partial charge in [0, 0.05) is 11.1 Å². The molecule has 9 nitrogen and oxygen atoms in total. The number of nitro benzene ring substituents is 1. The fourth-order valence-corrected chi connectivity index (χ4v) is 1.83. The van der Waals surface area contributed by atoms with Crippen molar-refractivity contribution in [2.24, 2.45) is 0 Å². The van der Waals surface area contributed by atoms with Crippen LogP contribution in [0.3, 0.4) is 0 Å². The van der Waals surface area contributed by atoms with Crippen LogP contribution in [-0.4, -0.2) is 35.0 Å². The molecule has 0 fully saturated rings. The van der Waals surface area contributed by atoms with E-state index in [4.69, 9.17) is 21.1 Å². The van der Waals surface area contributed by atoms with Gasteiger partial charge in [0.1, 0.15) is 11.8 Å². The van der Waals surface area contributed by atoms with Crippen LogP contribution in [0.5, 0.6) is 11.8 Å². The molecule has 0 aliphatic heterocycles. The lowest BCUT2D eigenvalue weighted by Gasteiger charge is -2.14. The number of hydrogen-bond acceptors (Lipinski definition) is 8. The first-order valence-electron chi connectivity index (χ1n) is 6.22. The standard InChI is InChI=1S/C12H13ClN4O5/c1-7(21-12-11(20-2)15-22-16-12)6-14-9-4-3-8(13)5-10(9)17(18)19/h3-5,7,14H,6H2,1-2H3. The van der Waals surface area contributed by atoms with Gasteiger partial charge in [0.2, 0.25) is 0 Å². The Balaban J connectivity index is 1.99. The Bertz CT molecular complexity index is 663. The van der Waals surface area contributed by atoms with E-state index in [1.807, 2.05) is 0 Å². The fourth-order valence-electron chi connectivity index (χ4n) is 1.66. The molecule has 0 amide bonds. The second-order valence-electron chi connectivity index (χ2n) is 4.31. The summed E-state index contributed by atoms with van der Waals surface area (Å²) >= 11 is 5.76. The minimum absolute atomic E-state index is 0.111. The van der Waals surface area contributed by atoms with Gasteiger partial charge in [0.25, 0.3) is 5.69 Å². The molecule has 1 N–H and O–H groups in total. The summed E-state index contributed by atoms with van der Waals surface area (Å²) < 4.78 is 14.9. The van der Waals surface area contributed by atoms with Crippen LogP contribution < -0.4 is 14.8 Å². The van der Waals surface area contributed by atoms with Gasteiger partial charge in [-0.1, -0.05) is 11.6 Å². The summed E-state index contributed by atoms with van der Waals surface area (Å²) in [5, 5.41) is 21.3. The highest BCUT2D eigenvalue weighted by molar-refractivity contribution is 6.30. The largest absolute Gasteiger partial charge is 0.475 e. The topological polar surface area (TPSA) is 113 Å². The quantitative estimate of drug-likeness (QED) is 0.609. The van der Waals surface area contributed by atoms with Gasteiger partial charge in [-0.15, -0.1) is 0 Å². The van der Waals surface area contributed by atoms with Gasteiger partial charge in [-0.05, 0) is 29.4 Å². The number of nitrogens with one attached hydrogen (secondary N) is 1. The molecule has 1 heterocycles. The molecule has 0 saturated carbocycles. The summed E-state index contributed by atoms with van der Waals surface area (Å²) in [5.74, 6) is 0.242. The number of nitrogens with zero attached hydrogens (tertiary/aromatic N) is 3. The molecule has 1 unspecified atom stereocenters. The third-order valence-electron chi connectivity index (χ3n) is 2.67. The number of benzene rings is 1. The Morgan fingerprint density at radius 1 is 1.45 bits per heavy atom. The summed E-state index contributed by atoms with van der Waals surface area (Å²) in [6, 6.07) is 4.37. The maximum Gasteiger partial charge on any atom is 0.320 e. The molecular weight excluding hydrogens is 316 g/mol. The van der Waals surface area contributed by atoms with E-state index in [0.29, 0.717) is 17.3 Å². The van der Waals surface area contributed by atoms with Crippen molar-refractivity contribution in [1.82, 2.24) is 10.3 Å². The Kier molecular flexibility index (Phi) is 4.99. The minimum atomic E-state index is -0.510. The average Bonchev–Trinajstić information content (AvgIpc) is 2.92. The maximum absolute atomic E-state index is 11.0. The molecule has 2 aromatic rings. The maximum atomic E-state index is 11.0. The van der Waals surface area contributed by atoms with Gasteiger partial charge in [-0.25, -0.2) is 4.63 Å². The Hall–Kier alpha value is -2.55. The fraction of sp³-hybridized carbons (Fsp3) is 0.333. The summed E-state index contributed by atoms with van der Waals surface area (Å²) in [4.78, 5) is 10.5. The van der Waals surface area contributed by atoms with Crippen LogP contribution in [0.15, 0.2) is 22.8 Å². The van der Waals surface area contributed by atoms with Crippen molar-refractivity contribution >= 4 is 23.0 Å². The molecule has 2 rings (SSSR count). The van der Waals surface area contributed by atoms with Crippen LogP contribution in [0.4, 0.5) is 11.4 Å². The van der Waals surface area contributed by atoms with E-state index in [-0.39, 0.29) is 23.6 Å². The SMILES string of the molecule is COc1nonc1OC(C)CNc1ccc(Cl)cc1[N+](=O)[O-]. The number of nitro groups is 1. The Labute approximate surface area is 130 Å². The summed E-state index contributed by atoms with van der Waals surface area (Å²) in [6.07, 6.45) is -0.365. The molecule has 0 saturated heterocycles. The van der Waals surface area contributed by atoms with Crippen molar-refractivity contribution in [2.45, 2.75) is 13.0 Å². The number of anilines is 1.